The first-order valence-corrected chi connectivity index (χ1v) is 9.34. The van der Waals surface area contributed by atoms with Gasteiger partial charge in [0.05, 0.1) is 12.3 Å². The fourth-order valence-corrected chi connectivity index (χ4v) is 2.81. The van der Waals surface area contributed by atoms with Gasteiger partial charge in [-0.3, -0.25) is 4.99 Å². The molecule has 0 aliphatic rings. The van der Waals surface area contributed by atoms with Crippen molar-refractivity contribution < 1.29 is 9.26 Å². The van der Waals surface area contributed by atoms with Gasteiger partial charge in [-0.2, -0.15) is 0 Å². The van der Waals surface area contributed by atoms with Crippen molar-refractivity contribution in [2.24, 2.45) is 4.99 Å². The molecule has 2 rings (SSSR count). The van der Waals surface area contributed by atoms with Crippen molar-refractivity contribution in [3.05, 3.63) is 46.8 Å². The van der Waals surface area contributed by atoms with Gasteiger partial charge < -0.3 is 19.9 Å². The largest absolute Gasteiger partial charge is 0.494 e. The predicted molar refractivity (Wildman–Crippen MR) is 120 cm³/mol. The first-order chi connectivity index (χ1) is 12.7. The minimum Gasteiger partial charge on any atom is -0.494 e. The maximum Gasteiger partial charge on any atom is 0.191 e. The highest BCUT2D eigenvalue weighted by Crippen LogP contribution is 2.15. The number of benzene rings is 1. The third kappa shape index (κ3) is 7.04. The van der Waals surface area contributed by atoms with Crippen LogP contribution >= 0.6 is 24.0 Å². The minimum atomic E-state index is 0. The van der Waals surface area contributed by atoms with E-state index in [0.717, 1.165) is 54.5 Å². The summed E-state index contributed by atoms with van der Waals surface area (Å²) in [5.74, 6) is 2.63. The fourth-order valence-electron chi connectivity index (χ4n) is 2.81. The molecule has 2 N–H and O–H groups in total. The predicted octanol–water partition coefficient (Wildman–Crippen LogP) is 3.72. The summed E-state index contributed by atoms with van der Waals surface area (Å²) in [6.45, 7) is 8.29. The zero-order valence-corrected chi connectivity index (χ0v) is 19.0. The zero-order valence-electron chi connectivity index (χ0n) is 16.7. The lowest BCUT2D eigenvalue weighted by molar-refractivity contribution is 0.340. The van der Waals surface area contributed by atoms with E-state index in [1.165, 1.54) is 5.56 Å². The lowest BCUT2D eigenvalue weighted by Crippen LogP contribution is -2.38. The zero-order chi connectivity index (χ0) is 18.8. The second-order valence-electron chi connectivity index (χ2n) is 5.92. The molecule has 0 aliphatic carbocycles. The van der Waals surface area contributed by atoms with E-state index in [9.17, 15) is 0 Å². The van der Waals surface area contributed by atoms with Gasteiger partial charge in [0, 0.05) is 32.1 Å². The second kappa shape index (κ2) is 12.6. The van der Waals surface area contributed by atoms with E-state index >= 15 is 0 Å². The van der Waals surface area contributed by atoms with Crippen LogP contribution in [0, 0.1) is 0 Å². The molecule has 0 unspecified atom stereocenters. The van der Waals surface area contributed by atoms with Crippen molar-refractivity contribution in [3.8, 4) is 5.75 Å². The molecule has 27 heavy (non-hydrogen) atoms. The fraction of sp³-hybridized carbons (Fsp3) is 0.500. The first-order valence-electron chi connectivity index (χ1n) is 9.34. The van der Waals surface area contributed by atoms with Crippen LogP contribution in [0.25, 0.3) is 0 Å². The molecule has 0 aliphatic heterocycles. The number of ether oxygens (including phenoxy) is 1. The molecule has 0 spiro atoms. The summed E-state index contributed by atoms with van der Waals surface area (Å²) in [6.07, 6.45) is 2.60. The van der Waals surface area contributed by atoms with Crippen molar-refractivity contribution in [1.29, 1.82) is 0 Å². The number of aromatic nitrogens is 1. The van der Waals surface area contributed by atoms with Crippen molar-refractivity contribution >= 4 is 29.9 Å². The average Bonchev–Trinajstić information content (AvgIpc) is 3.07. The number of aryl methyl sites for hydroxylation is 2. The van der Waals surface area contributed by atoms with E-state index in [-0.39, 0.29) is 24.0 Å². The number of hydrogen-bond donors (Lipinski definition) is 2. The third-order valence-electron chi connectivity index (χ3n) is 4.18. The quantitative estimate of drug-likeness (QED) is 0.321. The van der Waals surface area contributed by atoms with E-state index in [0.29, 0.717) is 13.2 Å². The van der Waals surface area contributed by atoms with Crippen molar-refractivity contribution in [3.63, 3.8) is 0 Å². The molecule has 150 valence electrons. The summed E-state index contributed by atoms with van der Waals surface area (Å²) in [7, 11) is 1.78. The van der Waals surface area contributed by atoms with E-state index in [1.807, 2.05) is 19.1 Å². The maximum absolute atomic E-state index is 5.55. The second-order valence-corrected chi connectivity index (χ2v) is 5.92. The topological polar surface area (TPSA) is 71.7 Å². The first kappa shape index (κ1) is 23.3. The van der Waals surface area contributed by atoms with Gasteiger partial charge >= 0.3 is 0 Å². The van der Waals surface area contributed by atoms with Gasteiger partial charge in [-0.1, -0.05) is 31.1 Å². The Morgan fingerprint density at radius 2 is 2.00 bits per heavy atom. The van der Waals surface area contributed by atoms with E-state index < -0.39 is 0 Å². The highest BCUT2D eigenvalue weighted by Gasteiger charge is 2.13. The molecule has 2 aromatic rings. The molecular formula is C20H31IN4O2. The SMILES string of the molecule is CCOc1cccc(CCNC(=NC)NCc2c(CC)noc2CC)c1.I. The van der Waals surface area contributed by atoms with Crippen LogP contribution in [0.5, 0.6) is 5.75 Å². The van der Waals surface area contributed by atoms with Crippen LogP contribution in [0.4, 0.5) is 0 Å². The average molecular weight is 486 g/mol. The number of guanidine groups is 1. The Morgan fingerprint density at radius 3 is 2.67 bits per heavy atom. The van der Waals surface area contributed by atoms with E-state index in [4.69, 9.17) is 9.26 Å². The molecule has 7 heteroatoms. The number of rotatable bonds is 9. The molecule has 0 bridgehead atoms. The molecule has 0 saturated heterocycles. The van der Waals surface area contributed by atoms with E-state index in [2.05, 4.69) is 46.8 Å². The summed E-state index contributed by atoms with van der Waals surface area (Å²) in [5.41, 5.74) is 3.39. The monoisotopic (exact) mass is 486 g/mol. The Morgan fingerprint density at radius 1 is 1.19 bits per heavy atom. The van der Waals surface area contributed by atoms with Gasteiger partial charge in [0.1, 0.15) is 11.5 Å². The summed E-state index contributed by atoms with van der Waals surface area (Å²) in [4.78, 5) is 4.30. The van der Waals surface area contributed by atoms with Crippen LogP contribution in [0.3, 0.4) is 0 Å². The van der Waals surface area contributed by atoms with Crippen LogP contribution in [-0.2, 0) is 25.8 Å². The number of aliphatic imine (C=N–C) groups is 1. The van der Waals surface area contributed by atoms with Crippen LogP contribution in [0.1, 0.15) is 43.4 Å². The Balaban J connectivity index is 0.00000364. The third-order valence-corrected chi connectivity index (χ3v) is 4.18. The maximum atomic E-state index is 5.55. The Bertz CT molecular complexity index is 694. The molecule has 0 atom stereocenters. The minimum absolute atomic E-state index is 0. The normalized spacial score (nSPS) is 11.0. The Hall–Kier alpha value is -1.77. The molecule has 1 aromatic heterocycles. The molecule has 1 aromatic carbocycles. The van der Waals surface area contributed by atoms with Crippen LogP contribution < -0.4 is 15.4 Å². The Labute approximate surface area is 179 Å². The molecule has 0 amide bonds. The Kier molecular flexibility index (Phi) is 10.8. The van der Waals surface area contributed by atoms with Gasteiger partial charge in [0.25, 0.3) is 0 Å². The van der Waals surface area contributed by atoms with Crippen LogP contribution in [0.2, 0.25) is 0 Å². The number of nitrogens with zero attached hydrogens (tertiary/aromatic N) is 2. The van der Waals surface area contributed by atoms with Crippen LogP contribution in [0.15, 0.2) is 33.8 Å². The van der Waals surface area contributed by atoms with Gasteiger partial charge in [-0.05, 0) is 37.5 Å². The van der Waals surface area contributed by atoms with Crippen molar-refractivity contribution in [2.75, 3.05) is 20.2 Å². The smallest absolute Gasteiger partial charge is 0.191 e. The van der Waals surface area contributed by atoms with Crippen molar-refractivity contribution in [1.82, 2.24) is 15.8 Å². The number of hydrogen-bond acceptors (Lipinski definition) is 4. The molecule has 0 radical (unpaired) electrons. The van der Waals surface area contributed by atoms with Crippen LogP contribution in [-0.4, -0.2) is 31.3 Å². The standard InChI is InChI=1S/C20H30N4O2.HI/c1-5-18-17(19(6-2)26-24-18)14-23-20(21-4)22-12-11-15-9-8-10-16(13-15)25-7-3;/h8-10,13H,5-7,11-12,14H2,1-4H3,(H2,21,22,23);1H. The lowest BCUT2D eigenvalue weighted by atomic mass is 10.1. The highest BCUT2D eigenvalue weighted by molar-refractivity contribution is 14.0. The summed E-state index contributed by atoms with van der Waals surface area (Å²) in [6, 6.07) is 8.20. The lowest BCUT2D eigenvalue weighted by Gasteiger charge is -2.12. The van der Waals surface area contributed by atoms with Gasteiger partial charge in [0.15, 0.2) is 5.96 Å². The van der Waals surface area contributed by atoms with Gasteiger partial charge in [0.2, 0.25) is 0 Å². The summed E-state index contributed by atoms with van der Waals surface area (Å²) >= 11 is 0. The molecule has 0 fully saturated rings. The van der Waals surface area contributed by atoms with Crippen molar-refractivity contribution in [2.45, 2.75) is 46.6 Å². The van der Waals surface area contributed by atoms with Gasteiger partial charge in [-0.15, -0.1) is 24.0 Å². The molecular weight excluding hydrogens is 455 g/mol. The van der Waals surface area contributed by atoms with E-state index in [1.54, 1.807) is 7.05 Å². The molecule has 0 saturated carbocycles. The summed E-state index contributed by atoms with van der Waals surface area (Å²) in [5, 5.41) is 10.9. The number of halogens is 1. The van der Waals surface area contributed by atoms with Gasteiger partial charge in [-0.25, -0.2) is 0 Å². The number of nitrogens with one attached hydrogen (secondary N) is 2. The molecule has 6 nitrogen and oxygen atoms in total. The summed E-state index contributed by atoms with van der Waals surface area (Å²) < 4.78 is 11.0. The molecule has 1 heterocycles. The highest BCUT2D eigenvalue weighted by atomic mass is 127.